The SMILES string of the molecule is CNC(NN)c1ccc(C(F)(F)F)cc1OC. The van der Waals surface area contributed by atoms with Gasteiger partial charge in [0.2, 0.25) is 0 Å². The molecule has 0 saturated heterocycles. The van der Waals surface area contributed by atoms with Crippen molar-refractivity contribution < 1.29 is 17.9 Å². The van der Waals surface area contributed by atoms with E-state index >= 15 is 0 Å². The average Bonchev–Trinajstić information content (AvgIpc) is 2.29. The number of alkyl halides is 3. The number of hydrogen-bond acceptors (Lipinski definition) is 4. The summed E-state index contributed by atoms with van der Waals surface area (Å²) in [4.78, 5) is 0. The number of hydrogen-bond donors (Lipinski definition) is 3. The minimum absolute atomic E-state index is 0.122. The predicted octanol–water partition coefficient (Wildman–Crippen LogP) is 1.40. The maximum atomic E-state index is 12.5. The van der Waals surface area contributed by atoms with Crippen molar-refractivity contribution >= 4 is 0 Å². The highest BCUT2D eigenvalue weighted by atomic mass is 19.4. The topological polar surface area (TPSA) is 59.3 Å². The summed E-state index contributed by atoms with van der Waals surface area (Å²) in [6.45, 7) is 0. The molecule has 0 aliphatic heterocycles. The van der Waals surface area contributed by atoms with E-state index in [2.05, 4.69) is 10.7 Å². The molecule has 96 valence electrons. The quantitative estimate of drug-likeness (QED) is 0.429. The number of halogens is 3. The normalized spacial score (nSPS) is 13.5. The number of benzene rings is 1. The second kappa shape index (κ2) is 5.35. The van der Waals surface area contributed by atoms with Gasteiger partial charge in [0.05, 0.1) is 18.8 Å². The number of hydrazine groups is 1. The smallest absolute Gasteiger partial charge is 0.416 e. The van der Waals surface area contributed by atoms with Gasteiger partial charge in [0, 0.05) is 5.56 Å². The Labute approximate surface area is 96.9 Å². The summed E-state index contributed by atoms with van der Waals surface area (Å²) in [5.41, 5.74) is 2.17. The van der Waals surface area contributed by atoms with Crippen LogP contribution in [0.3, 0.4) is 0 Å². The van der Waals surface area contributed by atoms with Crippen molar-refractivity contribution in [3.05, 3.63) is 29.3 Å². The maximum Gasteiger partial charge on any atom is 0.416 e. The zero-order chi connectivity index (χ0) is 13.1. The Morgan fingerprint density at radius 2 is 2.00 bits per heavy atom. The molecule has 0 saturated carbocycles. The Balaban J connectivity index is 3.18. The lowest BCUT2D eigenvalue weighted by Crippen LogP contribution is -2.36. The van der Waals surface area contributed by atoms with Crippen LogP contribution in [-0.4, -0.2) is 14.2 Å². The first-order chi connectivity index (χ1) is 7.93. The minimum atomic E-state index is -4.39. The van der Waals surface area contributed by atoms with E-state index in [-0.39, 0.29) is 5.75 Å². The van der Waals surface area contributed by atoms with Gasteiger partial charge in [-0.25, -0.2) is 5.43 Å². The number of methoxy groups -OCH3 is 1. The lowest BCUT2D eigenvalue weighted by atomic mass is 10.1. The van der Waals surface area contributed by atoms with Gasteiger partial charge < -0.3 is 10.1 Å². The summed E-state index contributed by atoms with van der Waals surface area (Å²) in [5.74, 6) is 5.39. The van der Waals surface area contributed by atoms with E-state index < -0.39 is 17.9 Å². The molecule has 1 atom stereocenters. The first-order valence-electron chi connectivity index (χ1n) is 4.82. The fourth-order valence-corrected chi connectivity index (χ4v) is 1.45. The lowest BCUT2D eigenvalue weighted by molar-refractivity contribution is -0.137. The Hall–Kier alpha value is -1.31. The molecule has 0 aromatic heterocycles. The van der Waals surface area contributed by atoms with E-state index in [9.17, 15) is 13.2 Å². The van der Waals surface area contributed by atoms with Crippen molar-refractivity contribution in [1.82, 2.24) is 10.7 Å². The minimum Gasteiger partial charge on any atom is -0.496 e. The summed E-state index contributed by atoms with van der Waals surface area (Å²) in [5, 5.41) is 2.80. The van der Waals surface area contributed by atoms with E-state index in [1.807, 2.05) is 0 Å². The van der Waals surface area contributed by atoms with Crippen LogP contribution in [0, 0.1) is 0 Å². The lowest BCUT2D eigenvalue weighted by Gasteiger charge is -2.19. The molecule has 0 amide bonds. The summed E-state index contributed by atoms with van der Waals surface area (Å²) < 4.78 is 42.4. The standard InChI is InChI=1S/C10H14F3N3O/c1-15-9(16-14)7-4-3-6(10(11,12)13)5-8(7)17-2/h3-5,9,15-16H,14H2,1-2H3. The molecule has 7 heteroatoms. The first-order valence-corrected chi connectivity index (χ1v) is 4.82. The highest BCUT2D eigenvalue weighted by Gasteiger charge is 2.31. The molecule has 1 aromatic carbocycles. The molecule has 17 heavy (non-hydrogen) atoms. The number of ether oxygens (including phenoxy) is 1. The van der Waals surface area contributed by atoms with Gasteiger partial charge in [-0.05, 0) is 19.2 Å². The molecule has 4 nitrogen and oxygen atoms in total. The monoisotopic (exact) mass is 249 g/mol. The van der Waals surface area contributed by atoms with Gasteiger partial charge in [0.15, 0.2) is 0 Å². The van der Waals surface area contributed by atoms with Crippen molar-refractivity contribution in [2.45, 2.75) is 12.3 Å². The van der Waals surface area contributed by atoms with Gasteiger partial charge in [0.25, 0.3) is 0 Å². The second-order valence-electron chi connectivity index (χ2n) is 3.34. The van der Waals surface area contributed by atoms with E-state index in [1.54, 1.807) is 7.05 Å². The molecular weight excluding hydrogens is 235 g/mol. The van der Waals surface area contributed by atoms with Crippen LogP contribution in [0.2, 0.25) is 0 Å². The third-order valence-electron chi connectivity index (χ3n) is 2.33. The fourth-order valence-electron chi connectivity index (χ4n) is 1.45. The van der Waals surface area contributed by atoms with Gasteiger partial charge in [0.1, 0.15) is 5.75 Å². The van der Waals surface area contributed by atoms with E-state index in [1.165, 1.54) is 13.2 Å². The summed E-state index contributed by atoms with van der Waals surface area (Å²) in [7, 11) is 2.93. The second-order valence-corrected chi connectivity index (χ2v) is 3.34. The Bertz CT molecular complexity index is 378. The first kappa shape index (κ1) is 13.8. The molecule has 0 heterocycles. The van der Waals surface area contributed by atoms with Crippen LogP contribution in [0.4, 0.5) is 13.2 Å². The Morgan fingerprint density at radius 1 is 1.35 bits per heavy atom. The fraction of sp³-hybridized carbons (Fsp3) is 0.400. The third-order valence-corrected chi connectivity index (χ3v) is 2.33. The van der Waals surface area contributed by atoms with Gasteiger partial charge in [-0.15, -0.1) is 0 Å². The van der Waals surface area contributed by atoms with Crippen LogP contribution in [-0.2, 0) is 6.18 Å². The average molecular weight is 249 g/mol. The van der Waals surface area contributed by atoms with E-state index in [4.69, 9.17) is 10.6 Å². The summed E-state index contributed by atoms with van der Waals surface area (Å²) >= 11 is 0. The molecule has 0 radical (unpaired) electrons. The number of nitrogens with two attached hydrogens (primary N) is 1. The van der Waals surface area contributed by atoms with Gasteiger partial charge in [-0.1, -0.05) is 6.07 Å². The molecule has 1 unspecified atom stereocenters. The van der Waals surface area contributed by atoms with Crippen molar-refractivity contribution in [1.29, 1.82) is 0 Å². The largest absolute Gasteiger partial charge is 0.496 e. The maximum absolute atomic E-state index is 12.5. The van der Waals surface area contributed by atoms with Crippen LogP contribution in [0.15, 0.2) is 18.2 Å². The van der Waals surface area contributed by atoms with Crippen molar-refractivity contribution in [3.8, 4) is 5.75 Å². The van der Waals surface area contributed by atoms with Gasteiger partial charge in [-0.3, -0.25) is 5.84 Å². The number of nitrogens with one attached hydrogen (secondary N) is 2. The van der Waals surface area contributed by atoms with Crippen LogP contribution >= 0.6 is 0 Å². The predicted molar refractivity (Wildman–Crippen MR) is 57.1 cm³/mol. The van der Waals surface area contributed by atoms with E-state index in [0.29, 0.717) is 5.56 Å². The zero-order valence-electron chi connectivity index (χ0n) is 9.43. The molecular formula is C10H14F3N3O. The third kappa shape index (κ3) is 3.09. The van der Waals surface area contributed by atoms with Crippen molar-refractivity contribution in [2.75, 3.05) is 14.2 Å². The molecule has 0 fully saturated rings. The molecule has 1 rings (SSSR count). The van der Waals surface area contributed by atoms with Crippen LogP contribution in [0.1, 0.15) is 17.3 Å². The van der Waals surface area contributed by atoms with Crippen LogP contribution in [0.25, 0.3) is 0 Å². The summed E-state index contributed by atoms with van der Waals surface area (Å²) in [6.07, 6.45) is -4.87. The molecule has 0 aliphatic carbocycles. The number of rotatable bonds is 4. The highest BCUT2D eigenvalue weighted by molar-refractivity contribution is 5.40. The van der Waals surface area contributed by atoms with Crippen LogP contribution < -0.4 is 21.3 Å². The van der Waals surface area contributed by atoms with Crippen molar-refractivity contribution in [3.63, 3.8) is 0 Å². The molecule has 0 spiro atoms. The highest BCUT2D eigenvalue weighted by Crippen LogP contribution is 2.34. The van der Waals surface area contributed by atoms with Crippen molar-refractivity contribution in [2.24, 2.45) is 5.84 Å². The van der Waals surface area contributed by atoms with Crippen LogP contribution in [0.5, 0.6) is 5.75 Å². The Morgan fingerprint density at radius 3 is 2.41 bits per heavy atom. The molecule has 4 N–H and O–H groups in total. The summed E-state index contributed by atoms with van der Waals surface area (Å²) in [6, 6.07) is 3.25. The Kier molecular flexibility index (Phi) is 4.33. The molecule has 1 aromatic rings. The molecule has 0 aliphatic rings. The van der Waals surface area contributed by atoms with E-state index in [0.717, 1.165) is 12.1 Å². The zero-order valence-corrected chi connectivity index (χ0v) is 9.43. The van der Waals surface area contributed by atoms with Gasteiger partial charge in [-0.2, -0.15) is 13.2 Å². The molecule has 0 bridgehead atoms. The van der Waals surface area contributed by atoms with Gasteiger partial charge >= 0.3 is 6.18 Å².